The number of carbonyl (C=O) groups is 1. The zero-order valence-electron chi connectivity index (χ0n) is 8.06. The standard InChI is InChI=1S/C8H2ClF6NO2/c9-5-1-4(18-8(13,14)15)3(2-17)6(16-5)7(10,11)12/h1-2H. The topological polar surface area (TPSA) is 39.2 Å². The van der Waals surface area contributed by atoms with Crippen LogP contribution in [0.4, 0.5) is 26.3 Å². The van der Waals surface area contributed by atoms with E-state index in [4.69, 9.17) is 11.6 Å². The number of carbonyl (C=O) groups excluding carboxylic acids is 1. The fourth-order valence-electron chi connectivity index (χ4n) is 1.04. The van der Waals surface area contributed by atoms with Gasteiger partial charge in [0.2, 0.25) is 0 Å². The highest BCUT2D eigenvalue weighted by Gasteiger charge is 2.40. The van der Waals surface area contributed by atoms with Gasteiger partial charge >= 0.3 is 12.5 Å². The molecule has 0 saturated heterocycles. The number of aromatic nitrogens is 1. The van der Waals surface area contributed by atoms with Crippen molar-refractivity contribution in [3.05, 3.63) is 22.5 Å². The van der Waals surface area contributed by atoms with Crippen molar-refractivity contribution in [1.82, 2.24) is 4.98 Å². The van der Waals surface area contributed by atoms with E-state index < -0.39 is 41.0 Å². The first kappa shape index (κ1) is 14.6. The van der Waals surface area contributed by atoms with Gasteiger partial charge in [-0.05, 0) is 0 Å². The molecule has 0 aliphatic carbocycles. The monoisotopic (exact) mass is 293 g/mol. The molecule has 0 radical (unpaired) electrons. The van der Waals surface area contributed by atoms with Crippen LogP contribution >= 0.6 is 11.6 Å². The molecule has 0 saturated carbocycles. The Morgan fingerprint density at radius 2 is 1.78 bits per heavy atom. The quantitative estimate of drug-likeness (QED) is 0.476. The molecule has 1 aromatic rings. The zero-order valence-corrected chi connectivity index (χ0v) is 8.82. The van der Waals surface area contributed by atoms with Gasteiger partial charge in [0, 0.05) is 6.07 Å². The number of hydrogen-bond donors (Lipinski definition) is 0. The number of nitrogens with zero attached hydrogens (tertiary/aromatic N) is 1. The molecule has 0 fully saturated rings. The summed E-state index contributed by atoms with van der Waals surface area (Å²) in [4.78, 5) is 13.2. The summed E-state index contributed by atoms with van der Waals surface area (Å²) in [5.41, 5.74) is -3.21. The SMILES string of the molecule is O=Cc1c(OC(F)(F)F)cc(Cl)nc1C(F)(F)F. The maximum atomic E-state index is 12.4. The first-order valence-electron chi connectivity index (χ1n) is 4.03. The van der Waals surface area contributed by atoms with Crippen LogP contribution in [0.25, 0.3) is 0 Å². The van der Waals surface area contributed by atoms with Crippen LogP contribution in [0.2, 0.25) is 5.15 Å². The molecule has 0 aromatic carbocycles. The second-order valence-electron chi connectivity index (χ2n) is 2.87. The molecule has 3 nitrogen and oxygen atoms in total. The number of alkyl halides is 6. The molecule has 0 atom stereocenters. The Morgan fingerprint density at radius 3 is 2.17 bits per heavy atom. The van der Waals surface area contributed by atoms with Crippen LogP contribution in [-0.4, -0.2) is 17.6 Å². The minimum absolute atomic E-state index is 0.369. The third-order valence-corrected chi connectivity index (χ3v) is 1.80. The van der Waals surface area contributed by atoms with E-state index in [9.17, 15) is 31.1 Å². The summed E-state index contributed by atoms with van der Waals surface area (Å²) in [5.74, 6) is -1.36. The molecule has 1 rings (SSSR count). The van der Waals surface area contributed by atoms with Gasteiger partial charge in [-0.1, -0.05) is 11.6 Å². The van der Waals surface area contributed by atoms with E-state index in [1.807, 2.05) is 0 Å². The Morgan fingerprint density at radius 1 is 1.22 bits per heavy atom. The average Bonchev–Trinajstić information content (AvgIpc) is 2.12. The summed E-state index contributed by atoms with van der Waals surface area (Å²) in [6.45, 7) is 0. The smallest absolute Gasteiger partial charge is 0.405 e. The number of pyridine rings is 1. The van der Waals surface area contributed by atoms with E-state index >= 15 is 0 Å². The molecule has 0 amide bonds. The molecule has 0 unspecified atom stereocenters. The van der Waals surface area contributed by atoms with Gasteiger partial charge in [-0.2, -0.15) is 13.2 Å². The number of rotatable bonds is 2. The van der Waals surface area contributed by atoms with Gasteiger partial charge < -0.3 is 4.74 Å². The highest BCUT2D eigenvalue weighted by atomic mass is 35.5. The summed E-state index contributed by atoms with van der Waals surface area (Å²) in [5, 5.41) is -0.882. The molecule has 1 aromatic heterocycles. The largest absolute Gasteiger partial charge is 0.573 e. The Bertz CT molecular complexity index is 470. The summed E-state index contributed by atoms with van der Waals surface area (Å²) in [6, 6.07) is 0.369. The van der Waals surface area contributed by atoms with E-state index in [2.05, 4.69) is 9.72 Å². The van der Waals surface area contributed by atoms with Gasteiger partial charge in [-0.15, -0.1) is 13.2 Å². The van der Waals surface area contributed by atoms with Crippen LogP contribution in [-0.2, 0) is 6.18 Å². The number of halogens is 7. The van der Waals surface area contributed by atoms with Crippen molar-refractivity contribution in [2.45, 2.75) is 12.5 Å². The molecular weight excluding hydrogens is 292 g/mol. The first-order valence-corrected chi connectivity index (χ1v) is 4.41. The minimum atomic E-state index is -5.26. The lowest BCUT2D eigenvalue weighted by Gasteiger charge is -2.14. The maximum Gasteiger partial charge on any atom is 0.573 e. The lowest BCUT2D eigenvalue weighted by atomic mass is 10.2. The van der Waals surface area contributed by atoms with Crippen molar-refractivity contribution >= 4 is 17.9 Å². The number of ether oxygens (including phenoxy) is 1. The van der Waals surface area contributed by atoms with Crippen LogP contribution in [0.5, 0.6) is 5.75 Å². The third kappa shape index (κ3) is 3.49. The van der Waals surface area contributed by atoms with Crippen molar-refractivity contribution in [2.24, 2.45) is 0 Å². The van der Waals surface area contributed by atoms with E-state index in [-0.39, 0.29) is 0 Å². The van der Waals surface area contributed by atoms with Crippen LogP contribution in [0.1, 0.15) is 16.1 Å². The van der Waals surface area contributed by atoms with Crippen LogP contribution < -0.4 is 4.74 Å². The molecular formula is C8H2ClF6NO2. The van der Waals surface area contributed by atoms with E-state index in [0.717, 1.165) is 0 Å². The average molecular weight is 294 g/mol. The molecule has 1 heterocycles. The normalized spacial score (nSPS) is 12.4. The fraction of sp³-hybridized carbons (Fsp3) is 0.250. The predicted octanol–water partition coefficient (Wildman–Crippen LogP) is 3.46. The molecule has 100 valence electrons. The number of aldehydes is 1. The summed E-state index contributed by atoms with van der Waals surface area (Å²) < 4.78 is 76.3. The Labute approximate surface area is 100 Å². The highest BCUT2D eigenvalue weighted by Crippen LogP contribution is 2.36. The lowest BCUT2D eigenvalue weighted by Crippen LogP contribution is -2.20. The fourth-order valence-corrected chi connectivity index (χ4v) is 1.22. The van der Waals surface area contributed by atoms with Crippen molar-refractivity contribution < 1.29 is 35.9 Å². The van der Waals surface area contributed by atoms with Crippen LogP contribution in [0.3, 0.4) is 0 Å². The molecule has 10 heteroatoms. The summed E-state index contributed by atoms with van der Waals surface area (Å²) >= 11 is 5.14. The summed E-state index contributed by atoms with van der Waals surface area (Å²) in [6.07, 6.45) is -10.8. The molecule has 0 spiro atoms. The zero-order chi connectivity index (χ0) is 14.1. The molecule has 0 N–H and O–H groups in total. The third-order valence-electron chi connectivity index (χ3n) is 1.60. The van der Waals surface area contributed by atoms with Crippen molar-refractivity contribution in [1.29, 1.82) is 0 Å². The summed E-state index contributed by atoms with van der Waals surface area (Å²) in [7, 11) is 0. The van der Waals surface area contributed by atoms with Gasteiger partial charge in [-0.3, -0.25) is 4.79 Å². The van der Waals surface area contributed by atoms with Gasteiger partial charge in [-0.25, -0.2) is 4.98 Å². The van der Waals surface area contributed by atoms with Gasteiger partial charge in [0.25, 0.3) is 0 Å². The van der Waals surface area contributed by atoms with E-state index in [1.165, 1.54) is 0 Å². The van der Waals surface area contributed by atoms with E-state index in [0.29, 0.717) is 6.07 Å². The van der Waals surface area contributed by atoms with Crippen LogP contribution in [0, 0.1) is 0 Å². The van der Waals surface area contributed by atoms with Crippen molar-refractivity contribution in [3.8, 4) is 5.75 Å². The second kappa shape index (κ2) is 4.63. The Balaban J connectivity index is 3.43. The lowest BCUT2D eigenvalue weighted by molar-refractivity contribution is -0.274. The molecule has 0 aliphatic rings. The molecule has 18 heavy (non-hydrogen) atoms. The van der Waals surface area contributed by atoms with Crippen LogP contribution in [0.15, 0.2) is 6.07 Å². The van der Waals surface area contributed by atoms with Crippen molar-refractivity contribution in [3.63, 3.8) is 0 Å². The number of hydrogen-bond acceptors (Lipinski definition) is 3. The van der Waals surface area contributed by atoms with E-state index in [1.54, 1.807) is 0 Å². The van der Waals surface area contributed by atoms with Gasteiger partial charge in [0.05, 0.1) is 5.56 Å². The molecule has 0 aliphatic heterocycles. The van der Waals surface area contributed by atoms with Gasteiger partial charge in [0.15, 0.2) is 12.0 Å². The maximum absolute atomic E-state index is 12.4. The van der Waals surface area contributed by atoms with Crippen molar-refractivity contribution in [2.75, 3.05) is 0 Å². The minimum Gasteiger partial charge on any atom is -0.405 e. The predicted molar refractivity (Wildman–Crippen MR) is 46.3 cm³/mol. The Kier molecular flexibility index (Phi) is 3.75. The second-order valence-corrected chi connectivity index (χ2v) is 3.26. The highest BCUT2D eigenvalue weighted by molar-refractivity contribution is 6.29. The Hall–Kier alpha value is -1.51. The van der Waals surface area contributed by atoms with Gasteiger partial charge in [0.1, 0.15) is 10.9 Å². The first-order chi connectivity index (χ1) is 8.04. The molecule has 0 bridgehead atoms.